The second kappa shape index (κ2) is 5.69. The number of nitrogens with zero attached hydrogens (tertiary/aromatic N) is 1. The Bertz CT molecular complexity index is 588. The highest BCUT2D eigenvalue weighted by atomic mass is 79.9. The van der Waals surface area contributed by atoms with Crippen LogP contribution in [0, 0.1) is 0 Å². The van der Waals surface area contributed by atoms with Crippen molar-refractivity contribution < 1.29 is 9.53 Å². The molecule has 0 atom stereocenters. The van der Waals surface area contributed by atoms with Gasteiger partial charge in [0, 0.05) is 10.7 Å². The van der Waals surface area contributed by atoms with Crippen LogP contribution < -0.4 is 10.1 Å². The van der Waals surface area contributed by atoms with Gasteiger partial charge in [-0.25, -0.2) is 4.98 Å². The van der Waals surface area contributed by atoms with E-state index in [-0.39, 0.29) is 11.1 Å². The average Bonchev–Trinajstić information content (AvgIpc) is 2.82. The molecule has 0 bridgehead atoms. The molecule has 1 N–H and O–H groups in total. The van der Waals surface area contributed by atoms with E-state index in [2.05, 4.69) is 26.2 Å². The quantitative estimate of drug-likeness (QED) is 0.859. The van der Waals surface area contributed by atoms with Gasteiger partial charge in [-0.15, -0.1) is 11.3 Å². The predicted octanol–water partition coefficient (Wildman–Crippen LogP) is 3.82. The number of hydrogen-bond donors (Lipinski definition) is 1. The van der Waals surface area contributed by atoms with E-state index in [1.54, 1.807) is 23.7 Å². The zero-order valence-electron chi connectivity index (χ0n) is 9.24. The summed E-state index contributed by atoms with van der Waals surface area (Å²) in [7, 11) is 1.52. The van der Waals surface area contributed by atoms with E-state index in [4.69, 9.17) is 16.3 Å². The standard InChI is InChI=1S/C11H8BrClN2O2S/c1-17-8-2-3-18-9(8)11(16)15-7-4-6(12)5-14-10(7)13/h2-5H,1H3,(H,15,16). The molecular weight excluding hydrogens is 340 g/mol. The molecule has 0 unspecified atom stereocenters. The van der Waals surface area contributed by atoms with Crippen LogP contribution in [0.15, 0.2) is 28.2 Å². The molecule has 0 fully saturated rings. The minimum Gasteiger partial charge on any atom is -0.495 e. The number of carbonyl (C=O) groups excluding carboxylic acids is 1. The molecular formula is C11H8BrClN2O2S. The van der Waals surface area contributed by atoms with E-state index in [1.807, 2.05) is 0 Å². The topological polar surface area (TPSA) is 51.2 Å². The Balaban J connectivity index is 2.24. The number of aromatic nitrogens is 1. The third-order valence-corrected chi connectivity index (χ3v) is 3.74. The van der Waals surface area contributed by atoms with E-state index in [0.717, 1.165) is 4.47 Å². The summed E-state index contributed by atoms with van der Waals surface area (Å²) >= 11 is 10.5. The zero-order valence-corrected chi connectivity index (χ0v) is 12.4. The summed E-state index contributed by atoms with van der Waals surface area (Å²) in [6.07, 6.45) is 1.56. The van der Waals surface area contributed by atoms with Crippen LogP contribution in [0.2, 0.25) is 5.15 Å². The number of anilines is 1. The largest absolute Gasteiger partial charge is 0.495 e. The third-order valence-electron chi connectivity index (χ3n) is 2.11. The summed E-state index contributed by atoms with van der Waals surface area (Å²) < 4.78 is 5.83. The number of carbonyl (C=O) groups is 1. The molecule has 2 rings (SSSR count). The highest BCUT2D eigenvalue weighted by Gasteiger charge is 2.15. The van der Waals surface area contributed by atoms with Crippen molar-refractivity contribution in [2.75, 3.05) is 12.4 Å². The maximum absolute atomic E-state index is 12.0. The highest BCUT2D eigenvalue weighted by molar-refractivity contribution is 9.10. The van der Waals surface area contributed by atoms with E-state index in [9.17, 15) is 4.79 Å². The Labute approximate surface area is 121 Å². The summed E-state index contributed by atoms with van der Waals surface area (Å²) in [5.41, 5.74) is 0.450. The summed E-state index contributed by atoms with van der Waals surface area (Å²) in [4.78, 5) is 16.5. The Kier molecular flexibility index (Phi) is 4.21. The molecule has 0 aromatic carbocycles. The molecule has 2 aromatic heterocycles. The molecule has 0 aliphatic heterocycles. The second-order valence-electron chi connectivity index (χ2n) is 3.26. The molecule has 0 saturated carbocycles. The first-order valence-electron chi connectivity index (χ1n) is 4.85. The van der Waals surface area contributed by atoms with Crippen LogP contribution >= 0.6 is 38.9 Å². The number of thiophene rings is 1. The van der Waals surface area contributed by atoms with Crippen molar-refractivity contribution in [1.29, 1.82) is 0 Å². The number of rotatable bonds is 3. The van der Waals surface area contributed by atoms with Crippen molar-refractivity contribution in [1.82, 2.24) is 4.98 Å². The summed E-state index contributed by atoms with van der Waals surface area (Å²) in [6, 6.07) is 3.42. The van der Waals surface area contributed by atoms with Crippen LogP contribution in [0.25, 0.3) is 0 Å². The number of halogens is 2. The van der Waals surface area contributed by atoms with Crippen molar-refractivity contribution in [3.05, 3.63) is 38.2 Å². The maximum Gasteiger partial charge on any atom is 0.269 e. The van der Waals surface area contributed by atoms with Crippen LogP contribution in [-0.4, -0.2) is 18.0 Å². The Morgan fingerprint density at radius 1 is 1.61 bits per heavy atom. The summed E-state index contributed by atoms with van der Waals surface area (Å²) in [5, 5.41) is 4.72. The molecule has 0 spiro atoms. The van der Waals surface area contributed by atoms with Crippen LogP contribution in [-0.2, 0) is 0 Å². The fourth-order valence-electron chi connectivity index (χ4n) is 1.31. The number of amides is 1. The molecule has 0 aliphatic carbocycles. The summed E-state index contributed by atoms with van der Waals surface area (Å²) in [6.45, 7) is 0. The molecule has 0 aliphatic rings. The number of ether oxygens (including phenoxy) is 1. The van der Waals surface area contributed by atoms with E-state index < -0.39 is 0 Å². The first-order chi connectivity index (χ1) is 8.61. The lowest BCUT2D eigenvalue weighted by Gasteiger charge is -2.07. The first kappa shape index (κ1) is 13.3. The zero-order chi connectivity index (χ0) is 13.1. The first-order valence-corrected chi connectivity index (χ1v) is 6.90. The maximum atomic E-state index is 12.0. The van der Waals surface area contributed by atoms with Gasteiger partial charge in [-0.05, 0) is 33.4 Å². The smallest absolute Gasteiger partial charge is 0.269 e. The van der Waals surface area contributed by atoms with Crippen LogP contribution in [0.5, 0.6) is 5.75 Å². The fraction of sp³-hybridized carbons (Fsp3) is 0.0909. The molecule has 94 valence electrons. The molecule has 1 amide bonds. The number of nitrogens with one attached hydrogen (secondary N) is 1. The van der Waals surface area contributed by atoms with Crippen molar-refractivity contribution in [2.24, 2.45) is 0 Å². The average molecular weight is 348 g/mol. The van der Waals surface area contributed by atoms with E-state index >= 15 is 0 Å². The van der Waals surface area contributed by atoms with Gasteiger partial charge in [-0.3, -0.25) is 4.79 Å². The molecule has 7 heteroatoms. The predicted molar refractivity (Wildman–Crippen MR) is 75.8 cm³/mol. The van der Waals surface area contributed by atoms with Crippen molar-refractivity contribution in [3.63, 3.8) is 0 Å². The van der Waals surface area contributed by atoms with Gasteiger partial charge < -0.3 is 10.1 Å². The number of methoxy groups -OCH3 is 1. The number of pyridine rings is 1. The SMILES string of the molecule is COc1ccsc1C(=O)Nc1cc(Br)cnc1Cl. The molecule has 2 aromatic rings. The Morgan fingerprint density at radius 3 is 3.11 bits per heavy atom. The van der Waals surface area contributed by atoms with Crippen molar-refractivity contribution in [3.8, 4) is 5.75 Å². The van der Waals surface area contributed by atoms with Crippen LogP contribution in [0.1, 0.15) is 9.67 Å². The van der Waals surface area contributed by atoms with Crippen LogP contribution in [0.3, 0.4) is 0 Å². The van der Waals surface area contributed by atoms with Gasteiger partial charge in [-0.1, -0.05) is 11.6 Å². The second-order valence-corrected chi connectivity index (χ2v) is 5.45. The highest BCUT2D eigenvalue weighted by Crippen LogP contribution is 2.28. The molecule has 0 saturated heterocycles. The van der Waals surface area contributed by atoms with Gasteiger partial charge in [0.25, 0.3) is 5.91 Å². The fourth-order valence-corrected chi connectivity index (χ4v) is 2.55. The van der Waals surface area contributed by atoms with E-state index in [1.165, 1.54) is 18.4 Å². The lowest BCUT2D eigenvalue weighted by atomic mass is 10.3. The Hall–Kier alpha value is -1.11. The lowest BCUT2D eigenvalue weighted by molar-refractivity contribution is 0.102. The van der Waals surface area contributed by atoms with Crippen LogP contribution in [0.4, 0.5) is 5.69 Å². The van der Waals surface area contributed by atoms with Gasteiger partial charge >= 0.3 is 0 Å². The minimum atomic E-state index is -0.274. The molecule has 18 heavy (non-hydrogen) atoms. The van der Waals surface area contributed by atoms with Gasteiger partial charge in [-0.2, -0.15) is 0 Å². The molecule has 4 nitrogen and oxygen atoms in total. The van der Waals surface area contributed by atoms with Gasteiger partial charge in [0.05, 0.1) is 12.8 Å². The molecule has 0 radical (unpaired) electrons. The lowest BCUT2D eigenvalue weighted by Crippen LogP contribution is -2.12. The van der Waals surface area contributed by atoms with Crippen molar-refractivity contribution >= 4 is 50.5 Å². The molecule has 2 heterocycles. The third kappa shape index (κ3) is 2.82. The number of hydrogen-bond acceptors (Lipinski definition) is 4. The van der Waals surface area contributed by atoms with Gasteiger partial charge in [0.2, 0.25) is 0 Å². The monoisotopic (exact) mass is 346 g/mol. The summed E-state index contributed by atoms with van der Waals surface area (Å²) in [5.74, 6) is 0.264. The van der Waals surface area contributed by atoms with Crippen molar-refractivity contribution in [2.45, 2.75) is 0 Å². The Morgan fingerprint density at radius 2 is 2.39 bits per heavy atom. The van der Waals surface area contributed by atoms with Gasteiger partial charge in [0.15, 0.2) is 5.15 Å². The minimum absolute atomic E-state index is 0.238. The normalized spacial score (nSPS) is 10.2. The van der Waals surface area contributed by atoms with Gasteiger partial charge in [0.1, 0.15) is 10.6 Å². The van der Waals surface area contributed by atoms with E-state index in [0.29, 0.717) is 16.3 Å².